The van der Waals surface area contributed by atoms with Crippen molar-refractivity contribution in [1.82, 2.24) is 29.6 Å². The molecule has 1 aromatic carbocycles. The first kappa shape index (κ1) is 42.8. The van der Waals surface area contributed by atoms with Crippen LogP contribution < -0.4 is 5.32 Å². The number of amides is 3. The number of imidazole rings is 1. The number of ether oxygens (including phenoxy) is 4. The molecule has 312 valence electrons. The lowest BCUT2D eigenvalue weighted by molar-refractivity contribution is -0.143. The van der Waals surface area contributed by atoms with Gasteiger partial charge in [-0.25, -0.2) is 4.98 Å². The highest BCUT2D eigenvalue weighted by molar-refractivity contribution is 5.79. The lowest BCUT2D eigenvalue weighted by Crippen LogP contribution is -2.56. The third-order valence-corrected chi connectivity index (χ3v) is 12.1. The molecule has 0 radical (unpaired) electrons. The van der Waals surface area contributed by atoms with Crippen molar-refractivity contribution in [3.63, 3.8) is 0 Å². The first-order valence-electron chi connectivity index (χ1n) is 21.2. The number of hydrogen-bond donors (Lipinski definition) is 1. The highest BCUT2D eigenvalue weighted by Crippen LogP contribution is 2.40. The van der Waals surface area contributed by atoms with Crippen molar-refractivity contribution in [1.29, 1.82) is 0 Å². The first-order chi connectivity index (χ1) is 27.8. The molecule has 4 aliphatic heterocycles. The normalized spacial score (nSPS) is 21.6. The molecule has 3 saturated heterocycles. The van der Waals surface area contributed by atoms with E-state index in [2.05, 4.69) is 39.8 Å². The average Bonchev–Trinajstić information content (AvgIpc) is 3.59. The van der Waals surface area contributed by atoms with Crippen LogP contribution in [-0.4, -0.2) is 133 Å². The Bertz CT molecular complexity index is 1640. The van der Waals surface area contributed by atoms with Crippen molar-refractivity contribution in [2.45, 2.75) is 109 Å². The van der Waals surface area contributed by atoms with Gasteiger partial charge in [0.05, 0.1) is 70.9 Å². The van der Waals surface area contributed by atoms with Crippen LogP contribution in [0.25, 0.3) is 0 Å². The van der Waals surface area contributed by atoms with Crippen LogP contribution >= 0.6 is 0 Å². The zero-order chi connectivity index (χ0) is 40.0. The van der Waals surface area contributed by atoms with E-state index >= 15 is 0 Å². The van der Waals surface area contributed by atoms with E-state index in [1.807, 2.05) is 28.0 Å². The lowest BCUT2D eigenvalue weighted by atomic mass is 9.85. The highest BCUT2D eigenvalue weighted by atomic mass is 16.6. The summed E-state index contributed by atoms with van der Waals surface area (Å²) in [6.45, 7) is 10.6. The Balaban J connectivity index is 0.901. The number of rotatable bonds is 21. The summed E-state index contributed by atoms with van der Waals surface area (Å²) in [6, 6.07) is 11.9. The Morgan fingerprint density at radius 1 is 0.877 bits per heavy atom. The Labute approximate surface area is 339 Å². The van der Waals surface area contributed by atoms with Gasteiger partial charge in [0.15, 0.2) is 0 Å². The van der Waals surface area contributed by atoms with Gasteiger partial charge in [-0.1, -0.05) is 49.1 Å². The summed E-state index contributed by atoms with van der Waals surface area (Å²) < 4.78 is 24.1. The molecule has 2 bridgehead atoms. The number of carbonyl (C=O) groups excluding carboxylic acids is 3. The monoisotopic (exact) mass is 788 g/mol. The predicted octanol–water partition coefficient (Wildman–Crippen LogP) is 4.23. The molecule has 7 rings (SSSR count). The van der Waals surface area contributed by atoms with Gasteiger partial charge < -0.3 is 38.6 Å². The quantitative estimate of drug-likeness (QED) is 0.146. The van der Waals surface area contributed by atoms with Gasteiger partial charge in [-0.2, -0.15) is 0 Å². The number of terminal acetylenes is 1. The van der Waals surface area contributed by atoms with Gasteiger partial charge in [0.1, 0.15) is 12.4 Å². The molecule has 2 aromatic rings. The van der Waals surface area contributed by atoms with Crippen LogP contribution in [-0.2, 0) is 46.3 Å². The molecular weight excluding hydrogens is 725 g/mol. The van der Waals surface area contributed by atoms with Crippen LogP contribution in [0.3, 0.4) is 0 Å². The van der Waals surface area contributed by atoms with Gasteiger partial charge >= 0.3 is 0 Å². The van der Waals surface area contributed by atoms with Gasteiger partial charge in [-0.05, 0) is 44.6 Å². The van der Waals surface area contributed by atoms with Gasteiger partial charge in [-0.15, -0.1) is 6.42 Å². The minimum absolute atomic E-state index is 0.0104. The Hall–Kier alpha value is -3.80. The molecule has 3 unspecified atom stereocenters. The molecule has 1 N–H and O–H groups in total. The maximum absolute atomic E-state index is 13.5. The Morgan fingerprint density at radius 2 is 1.54 bits per heavy atom. The number of carbonyl (C=O) groups is 3. The second-order valence-corrected chi connectivity index (χ2v) is 16.1. The number of benzene rings is 1. The largest absolute Gasteiger partial charge is 0.379 e. The molecule has 3 amide bonds. The van der Waals surface area contributed by atoms with Gasteiger partial charge in [0.2, 0.25) is 17.7 Å². The molecule has 4 atom stereocenters. The van der Waals surface area contributed by atoms with Crippen LogP contribution in [0.4, 0.5) is 0 Å². The van der Waals surface area contributed by atoms with Gasteiger partial charge in [0.25, 0.3) is 0 Å². The molecule has 4 fully saturated rings. The molecule has 1 aromatic heterocycles. The second kappa shape index (κ2) is 21.8. The van der Waals surface area contributed by atoms with E-state index < -0.39 is 0 Å². The zero-order valence-electron chi connectivity index (χ0n) is 34.2. The summed E-state index contributed by atoms with van der Waals surface area (Å²) in [7, 11) is 0. The van der Waals surface area contributed by atoms with Crippen LogP contribution in [0.5, 0.6) is 0 Å². The third kappa shape index (κ3) is 12.1. The molecule has 13 heteroatoms. The van der Waals surface area contributed by atoms with Crippen LogP contribution in [0.1, 0.15) is 99.6 Å². The zero-order valence-corrected chi connectivity index (χ0v) is 34.2. The van der Waals surface area contributed by atoms with E-state index in [0.717, 1.165) is 49.3 Å². The van der Waals surface area contributed by atoms with E-state index in [1.54, 1.807) is 6.92 Å². The van der Waals surface area contributed by atoms with E-state index in [9.17, 15) is 14.4 Å². The smallest absolute Gasteiger partial charge is 0.224 e. The molecule has 1 aliphatic carbocycles. The van der Waals surface area contributed by atoms with Crippen molar-refractivity contribution < 1.29 is 33.3 Å². The maximum atomic E-state index is 13.5. The summed E-state index contributed by atoms with van der Waals surface area (Å²) >= 11 is 0. The van der Waals surface area contributed by atoms with Crippen molar-refractivity contribution in [3.05, 3.63) is 53.1 Å². The third-order valence-electron chi connectivity index (χ3n) is 12.1. The number of aromatic nitrogens is 2. The minimum Gasteiger partial charge on any atom is -0.379 e. The van der Waals surface area contributed by atoms with Crippen molar-refractivity contribution >= 4 is 17.7 Å². The second-order valence-electron chi connectivity index (χ2n) is 16.1. The van der Waals surface area contributed by atoms with E-state index in [0.29, 0.717) is 103 Å². The fourth-order valence-corrected chi connectivity index (χ4v) is 9.21. The molecule has 5 aliphatic rings. The number of likely N-dealkylation sites (tertiary alicyclic amines) is 1. The summed E-state index contributed by atoms with van der Waals surface area (Å²) in [4.78, 5) is 49.8. The Kier molecular flexibility index (Phi) is 16.4. The standard InChI is InChI=1S/C44H64N6O7/c1-4-19-54-21-23-56-25-26-57-24-22-55-20-16-43(52)48-30-35(31-48)27-44(53)47-17-15-42-41(32-47)45-33(2)50(42)38-13-9-8-12-37-28-39(29-38)49(37)18-14-40(46-34(3)51)36-10-6-5-7-11-36/h1,5-7,10-11,35,37-40H,8-9,12-32H2,2-3H3,(H,46,51)/t37?,38?,39?,40-/m0/s1. The number of fused-ring (bicyclic) bond motifs is 6. The summed E-state index contributed by atoms with van der Waals surface area (Å²) in [6.07, 6.45) is 14.8. The van der Waals surface area contributed by atoms with E-state index in [1.165, 1.54) is 31.4 Å². The van der Waals surface area contributed by atoms with Crippen molar-refractivity contribution in [2.75, 3.05) is 79.0 Å². The van der Waals surface area contributed by atoms with E-state index in [-0.39, 0.29) is 36.3 Å². The summed E-state index contributed by atoms with van der Waals surface area (Å²) in [5.74, 6) is 3.89. The SMILES string of the molecule is C#CCOCCOCCOCCOCCC(=O)N1CC(CC(=O)N2CCc3c(nc(C)n3C3CCCCC4CC(C3)N4CC[C@H](NC(C)=O)c3ccccc3)C2)C1. The molecule has 1 saturated carbocycles. The van der Waals surface area contributed by atoms with Crippen molar-refractivity contribution in [2.24, 2.45) is 5.92 Å². The highest BCUT2D eigenvalue weighted by Gasteiger charge is 2.41. The van der Waals surface area contributed by atoms with Crippen LogP contribution in [0.15, 0.2) is 30.3 Å². The number of nitrogens with one attached hydrogen (secondary N) is 1. The number of nitrogens with zero attached hydrogens (tertiary/aromatic N) is 5. The molecule has 13 nitrogen and oxygen atoms in total. The molecule has 57 heavy (non-hydrogen) atoms. The molecule has 5 heterocycles. The number of hydrogen-bond acceptors (Lipinski definition) is 9. The summed E-state index contributed by atoms with van der Waals surface area (Å²) in [5, 5.41) is 3.20. The van der Waals surface area contributed by atoms with Gasteiger partial charge in [-0.3, -0.25) is 19.3 Å². The number of aryl methyl sites for hydroxylation is 1. The molecular formula is C44H64N6O7. The van der Waals surface area contributed by atoms with Crippen molar-refractivity contribution in [3.8, 4) is 12.3 Å². The fraction of sp³-hybridized carbons (Fsp3) is 0.682. The average molecular weight is 789 g/mol. The molecule has 0 spiro atoms. The fourth-order valence-electron chi connectivity index (χ4n) is 9.21. The minimum atomic E-state index is 0.0104. The first-order valence-corrected chi connectivity index (χ1v) is 21.2. The topological polar surface area (TPSA) is 128 Å². The van der Waals surface area contributed by atoms with Crippen LogP contribution in [0, 0.1) is 25.2 Å². The maximum Gasteiger partial charge on any atom is 0.224 e. The predicted molar refractivity (Wildman–Crippen MR) is 216 cm³/mol. The van der Waals surface area contributed by atoms with E-state index in [4.69, 9.17) is 30.4 Å². The summed E-state index contributed by atoms with van der Waals surface area (Å²) in [5.41, 5.74) is 3.51. The lowest BCUT2D eigenvalue weighted by Gasteiger charge is -2.50. The Morgan fingerprint density at radius 3 is 2.25 bits per heavy atom. The van der Waals surface area contributed by atoms with Gasteiger partial charge in [0, 0.05) is 75.7 Å². The van der Waals surface area contributed by atoms with Crippen LogP contribution in [0.2, 0.25) is 0 Å².